The van der Waals surface area contributed by atoms with Crippen LogP contribution in [-0.2, 0) is 0 Å². The van der Waals surface area contributed by atoms with Crippen LogP contribution in [0.4, 0.5) is 4.39 Å². The minimum atomic E-state index is -0.151. The van der Waals surface area contributed by atoms with Crippen LogP contribution in [-0.4, -0.2) is 12.4 Å². The standard InChI is InChI=1S/C11H23FS/c1-3-5-10(8-12)7-11(9-13)6-4-2/h10-11,13H,3-9H2,1-2H3. The van der Waals surface area contributed by atoms with Gasteiger partial charge in [-0.1, -0.05) is 26.7 Å². The van der Waals surface area contributed by atoms with E-state index < -0.39 is 0 Å². The average molecular weight is 206 g/mol. The van der Waals surface area contributed by atoms with Crippen LogP contribution < -0.4 is 0 Å². The first-order valence-corrected chi connectivity index (χ1v) is 6.08. The molecule has 2 heteroatoms. The molecule has 0 amide bonds. The van der Waals surface area contributed by atoms with Gasteiger partial charge in [-0.25, -0.2) is 0 Å². The van der Waals surface area contributed by atoms with Crippen molar-refractivity contribution in [1.29, 1.82) is 0 Å². The molecule has 2 atom stereocenters. The number of thiol groups is 1. The summed E-state index contributed by atoms with van der Waals surface area (Å²) >= 11 is 4.31. The quantitative estimate of drug-likeness (QED) is 0.568. The molecule has 0 aliphatic carbocycles. The summed E-state index contributed by atoms with van der Waals surface area (Å²) in [6.07, 6.45) is 5.55. The summed E-state index contributed by atoms with van der Waals surface area (Å²) in [5.41, 5.74) is 0. The molecule has 0 rings (SSSR count). The molecule has 0 nitrogen and oxygen atoms in total. The molecule has 0 fully saturated rings. The van der Waals surface area contributed by atoms with Gasteiger partial charge in [0.15, 0.2) is 0 Å². The Hall–Kier alpha value is 0.280. The Morgan fingerprint density at radius 3 is 2.00 bits per heavy atom. The summed E-state index contributed by atoms with van der Waals surface area (Å²) in [7, 11) is 0. The van der Waals surface area contributed by atoms with Crippen molar-refractivity contribution in [2.24, 2.45) is 11.8 Å². The lowest BCUT2D eigenvalue weighted by Gasteiger charge is -2.19. The van der Waals surface area contributed by atoms with E-state index in [0.29, 0.717) is 5.92 Å². The zero-order valence-corrected chi connectivity index (χ0v) is 9.82. The molecule has 0 saturated carbocycles. The average Bonchev–Trinajstić information content (AvgIpc) is 2.16. The Balaban J connectivity index is 3.73. The summed E-state index contributed by atoms with van der Waals surface area (Å²) < 4.78 is 12.6. The van der Waals surface area contributed by atoms with Crippen LogP contribution in [0.2, 0.25) is 0 Å². The summed E-state index contributed by atoms with van der Waals surface area (Å²) in [5, 5.41) is 0. The van der Waals surface area contributed by atoms with Crippen molar-refractivity contribution in [3.8, 4) is 0 Å². The molecular formula is C11H23FS. The highest BCUT2D eigenvalue weighted by Gasteiger charge is 2.13. The molecule has 0 N–H and O–H groups in total. The molecule has 0 heterocycles. The third-order valence-electron chi connectivity index (χ3n) is 2.54. The lowest BCUT2D eigenvalue weighted by molar-refractivity contribution is 0.283. The van der Waals surface area contributed by atoms with Gasteiger partial charge in [-0.15, -0.1) is 0 Å². The van der Waals surface area contributed by atoms with E-state index in [4.69, 9.17) is 0 Å². The topological polar surface area (TPSA) is 0 Å². The van der Waals surface area contributed by atoms with Gasteiger partial charge in [-0.2, -0.15) is 12.6 Å². The summed E-state index contributed by atoms with van der Waals surface area (Å²) in [6.45, 7) is 4.15. The summed E-state index contributed by atoms with van der Waals surface area (Å²) in [6, 6.07) is 0. The van der Waals surface area contributed by atoms with Gasteiger partial charge >= 0.3 is 0 Å². The van der Waals surface area contributed by atoms with E-state index in [9.17, 15) is 4.39 Å². The summed E-state index contributed by atoms with van der Waals surface area (Å²) in [4.78, 5) is 0. The highest BCUT2D eigenvalue weighted by molar-refractivity contribution is 7.80. The predicted molar refractivity (Wildman–Crippen MR) is 61.2 cm³/mol. The molecule has 80 valence electrons. The van der Waals surface area contributed by atoms with Gasteiger partial charge in [0.2, 0.25) is 0 Å². The molecule has 0 aromatic heterocycles. The number of halogens is 1. The Labute approximate surface area is 87.7 Å². The first-order valence-electron chi connectivity index (χ1n) is 5.45. The number of hydrogen-bond donors (Lipinski definition) is 1. The molecule has 0 aromatic carbocycles. The van der Waals surface area contributed by atoms with Gasteiger partial charge in [0.25, 0.3) is 0 Å². The van der Waals surface area contributed by atoms with E-state index >= 15 is 0 Å². The summed E-state index contributed by atoms with van der Waals surface area (Å²) in [5.74, 6) is 1.82. The fourth-order valence-corrected chi connectivity index (χ4v) is 2.16. The van der Waals surface area contributed by atoms with E-state index in [1.165, 1.54) is 12.8 Å². The molecule has 2 unspecified atom stereocenters. The highest BCUT2D eigenvalue weighted by Crippen LogP contribution is 2.22. The van der Waals surface area contributed by atoms with Gasteiger partial charge in [-0.3, -0.25) is 4.39 Å². The van der Waals surface area contributed by atoms with Crippen molar-refractivity contribution in [3.05, 3.63) is 0 Å². The van der Waals surface area contributed by atoms with E-state index in [0.717, 1.165) is 25.0 Å². The second-order valence-corrected chi connectivity index (χ2v) is 4.25. The lowest BCUT2D eigenvalue weighted by Crippen LogP contribution is -2.12. The zero-order valence-electron chi connectivity index (χ0n) is 8.93. The monoisotopic (exact) mass is 206 g/mol. The maximum absolute atomic E-state index is 12.6. The van der Waals surface area contributed by atoms with E-state index in [-0.39, 0.29) is 12.6 Å². The Morgan fingerprint density at radius 1 is 1.08 bits per heavy atom. The number of hydrogen-bond acceptors (Lipinski definition) is 1. The molecule has 0 aromatic rings. The molecular weight excluding hydrogens is 183 g/mol. The third kappa shape index (κ3) is 6.36. The van der Waals surface area contributed by atoms with Crippen LogP contribution >= 0.6 is 12.6 Å². The van der Waals surface area contributed by atoms with Crippen molar-refractivity contribution in [3.63, 3.8) is 0 Å². The predicted octanol–water partition coefficient (Wildman–Crippen LogP) is 4.11. The fourth-order valence-electron chi connectivity index (χ4n) is 1.83. The smallest absolute Gasteiger partial charge is 0.0922 e. The SMILES string of the molecule is CCCC(CF)CC(CS)CCC. The van der Waals surface area contributed by atoms with Crippen molar-refractivity contribution in [2.75, 3.05) is 12.4 Å². The Kier molecular flexibility index (Phi) is 9.05. The van der Waals surface area contributed by atoms with Crippen LogP contribution in [0.25, 0.3) is 0 Å². The molecule has 0 saturated heterocycles. The minimum absolute atomic E-state index is 0.151. The Morgan fingerprint density at radius 2 is 1.62 bits per heavy atom. The van der Waals surface area contributed by atoms with Crippen LogP contribution in [0.15, 0.2) is 0 Å². The molecule has 0 aliphatic heterocycles. The second-order valence-electron chi connectivity index (χ2n) is 3.88. The molecule has 0 radical (unpaired) electrons. The van der Waals surface area contributed by atoms with Crippen molar-refractivity contribution in [2.45, 2.75) is 46.0 Å². The van der Waals surface area contributed by atoms with Gasteiger partial charge in [-0.05, 0) is 36.9 Å². The number of rotatable bonds is 8. The van der Waals surface area contributed by atoms with Crippen LogP contribution in [0.3, 0.4) is 0 Å². The van der Waals surface area contributed by atoms with Crippen LogP contribution in [0.5, 0.6) is 0 Å². The maximum atomic E-state index is 12.6. The largest absolute Gasteiger partial charge is 0.251 e. The minimum Gasteiger partial charge on any atom is -0.251 e. The molecule has 0 aliphatic rings. The first kappa shape index (κ1) is 13.3. The molecule has 13 heavy (non-hydrogen) atoms. The van der Waals surface area contributed by atoms with Crippen LogP contribution in [0.1, 0.15) is 46.0 Å². The van der Waals surface area contributed by atoms with Crippen molar-refractivity contribution >= 4 is 12.6 Å². The van der Waals surface area contributed by atoms with E-state index in [2.05, 4.69) is 26.5 Å². The third-order valence-corrected chi connectivity index (χ3v) is 3.05. The Bertz CT molecular complexity index is 94.3. The fraction of sp³-hybridized carbons (Fsp3) is 1.00. The van der Waals surface area contributed by atoms with Crippen LogP contribution in [0, 0.1) is 11.8 Å². The van der Waals surface area contributed by atoms with Gasteiger partial charge in [0.05, 0.1) is 6.67 Å². The maximum Gasteiger partial charge on any atom is 0.0922 e. The first-order chi connectivity index (χ1) is 6.28. The second kappa shape index (κ2) is 8.86. The van der Waals surface area contributed by atoms with Crippen molar-refractivity contribution in [1.82, 2.24) is 0 Å². The van der Waals surface area contributed by atoms with Crippen molar-refractivity contribution < 1.29 is 4.39 Å². The molecule has 0 spiro atoms. The van der Waals surface area contributed by atoms with E-state index in [1.54, 1.807) is 0 Å². The number of alkyl halides is 1. The zero-order chi connectivity index (χ0) is 10.1. The molecule has 0 bridgehead atoms. The normalized spacial score (nSPS) is 15.7. The van der Waals surface area contributed by atoms with E-state index in [1.807, 2.05) is 0 Å². The van der Waals surface area contributed by atoms with Gasteiger partial charge in [0.1, 0.15) is 0 Å². The lowest BCUT2D eigenvalue weighted by atomic mass is 9.90. The highest BCUT2D eigenvalue weighted by atomic mass is 32.1. The van der Waals surface area contributed by atoms with Gasteiger partial charge in [0, 0.05) is 0 Å². The van der Waals surface area contributed by atoms with Gasteiger partial charge < -0.3 is 0 Å².